The van der Waals surface area contributed by atoms with Gasteiger partial charge in [0.25, 0.3) is 11.7 Å². The monoisotopic (exact) mass is 489 g/mol. The molecule has 3 aromatic carbocycles. The molecule has 7 nitrogen and oxygen atoms in total. The summed E-state index contributed by atoms with van der Waals surface area (Å²) in [5, 5.41) is 20.9. The second-order valence-corrected chi connectivity index (χ2v) is 8.37. The molecule has 1 heterocycles. The average Bonchev–Trinajstić information content (AvgIpc) is 3.12. The zero-order valence-electron chi connectivity index (χ0n) is 19.7. The molecule has 2 N–H and O–H groups in total. The molecule has 1 atom stereocenters. The number of carbonyl (C=O) groups excluding carboxylic acids is 3. The average molecular weight is 489 g/mol. The first-order valence-electron chi connectivity index (χ1n) is 11.3. The molecule has 1 unspecified atom stereocenters. The normalized spacial score (nSPS) is 16.9. The Hall–Kier alpha value is -4.46. The van der Waals surface area contributed by atoms with Crippen molar-refractivity contribution in [2.45, 2.75) is 26.3 Å². The minimum atomic E-state index is -1.01. The first kappa shape index (κ1) is 24.7. The third-order valence-corrected chi connectivity index (χ3v) is 5.95. The number of aryl methyl sites for hydroxylation is 1. The third kappa shape index (κ3) is 4.70. The molecule has 0 bridgehead atoms. The van der Waals surface area contributed by atoms with Gasteiger partial charge in [-0.15, -0.1) is 0 Å². The van der Waals surface area contributed by atoms with Crippen molar-refractivity contribution in [1.29, 1.82) is 0 Å². The van der Waals surface area contributed by atoms with Crippen LogP contribution in [-0.2, 0) is 25.5 Å². The quantitative estimate of drug-likeness (QED) is 0.228. The molecular weight excluding hydrogens is 465 g/mol. The van der Waals surface area contributed by atoms with E-state index in [0.29, 0.717) is 16.8 Å². The topological polar surface area (TPSA) is 104 Å². The molecule has 1 amide bonds. The van der Waals surface area contributed by atoms with E-state index in [9.17, 15) is 29.0 Å². The fraction of sp³-hybridized carbons (Fsp3) is 0.179. The number of nitrogens with zero attached hydrogens (tertiary/aromatic N) is 1. The van der Waals surface area contributed by atoms with Crippen LogP contribution in [-0.4, -0.2) is 34.5 Å². The Bertz CT molecular complexity index is 1360. The number of rotatable bonds is 6. The van der Waals surface area contributed by atoms with Crippen LogP contribution in [0.15, 0.2) is 72.3 Å². The number of anilines is 1. The first-order valence-corrected chi connectivity index (χ1v) is 11.3. The predicted octanol–water partition coefficient (Wildman–Crippen LogP) is 4.57. The fourth-order valence-corrected chi connectivity index (χ4v) is 4.17. The summed E-state index contributed by atoms with van der Waals surface area (Å²) in [5.74, 6) is -3.05. The van der Waals surface area contributed by atoms with Gasteiger partial charge in [-0.1, -0.05) is 24.3 Å². The summed E-state index contributed by atoms with van der Waals surface area (Å²) in [7, 11) is 0. The van der Waals surface area contributed by atoms with Crippen LogP contribution in [0, 0.1) is 12.7 Å². The zero-order valence-corrected chi connectivity index (χ0v) is 19.7. The van der Waals surface area contributed by atoms with Gasteiger partial charge >= 0.3 is 5.97 Å². The van der Waals surface area contributed by atoms with Crippen molar-refractivity contribution >= 4 is 29.1 Å². The van der Waals surface area contributed by atoms with E-state index >= 15 is 0 Å². The molecule has 0 aliphatic carbocycles. The van der Waals surface area contributed by atoms with Crippen LogP contribution in [0.2, 0.25) is 0 Å². The summed E-state index contributed by atoms with van der Waals surface area (Å²) in [5.41, 5.74) is 1.82. The lowest BCUT2D eigenvalue weighted by atomic mass is 9.94. The van der Waals surface area contributed by atoms with Crippen molar-refractivity contribution in [3.63, 3.8) is 0 Å². The first-order chi connectivity index (χ1) is 17.2. The van der Waals surface area contributed by atoms with Crippen LogP contribution in [0.25, 0.3) is 5.76 Å². The van der Waals surface area contributed by atoms with E-state index in [4.69, 9.17) is 4.74 Å². The molecule has 1 saturated heterocycles. The molecule has 0 spiro atoms. The van der Waals surface area contributed by atoms with Crippen molar-refractivity contribution < 1.29 is 33.7 Å². The number of phenolic OH excluding ortho intramolecular Hbond substituents is 1. The number of benzene rings is 3. The van der Waals surface area contributed by atoms with E-state index in [1.54, 1.807) is 43.3 Å². The molecular formula is C28H24FNO6. The van der Waals surface area contributed by atoms with Crippen molar-refractivity contribution in [2.24, 2.45) is 0 Å². The molecule has 1 aliphatic rings. The number of ether oxygens (including phenoxy) is 1. The zero-order chi connectivity index (χ0) is 26.0. The number of aromatic hydroxyl groups is 1. The van der Waals surface area contributed by atoms with E-state index in [1.165, 1.54) is 42.2 Å². The summed E-state index contributed by atoms with van der Waals surface area (Å²) >= 11 is 0. The summed E-state index contributed by atoms with van der Waals surface area (Å²) < 4.78 is 18.8. The number of halogens is 1. The highest BCUT2D eigenvalue weighted by Crippen LogP contribution is 2.42. The smallest absolute Gasteiger partial charge is 0.310 e. The standard InChI is InChI=1S/C28H24FNO6/c1-3-36-23(32)15-17-4-9-20(10-5-17)30-25(18-6-11-21(31)12-7-18)24(27(34)28(30)35)26(33)19-8-13-22(29)16(2)14-19/h4-14,25,31,33H,3,15H2,1-2H3/b26-24-. The van der Waals surface area contributed by atoms with E-state index in [0.717, 1.165) is 0 Å². The molecule has 3 aromatic rings. The van der Waals surface area contributed by atoms with Gasteiger partial charge in [0.1, 0.15) is 17.3 Å². The molecule has 0 saturated carbocycles. The van der Waals surface area contributed by atoms with Gasteiger partial charge in [0.15, 0.2) is 0 Å². The van der Waals surface area contributed by atoms with Crippen LogP contribution in [0.4, 0.5) is 10.1 Å². The molecule has 1 fully saturated rings. The van der Waals surface area contributed by atoms with Crippen LogP contribution < -0.4 is 4.90 Å². The lowest BCUT2D eigenvalue weighted by molar-refractivity contribution is -0.142. The highest BCUT2D eigenvalue weighted by molar-refractivity contribution is 6.51. The Balaban J connectivity index is 1.82. The maximum atomic E-state index is 13.8. The molecule has 4 rings (SSSR count). The van der Waals surface area contributed by atoms with Crippen LogP contribution in [0.5, 0.6) is 5.75 Å². The number of esters is 1. The number of Topliss-reactive ketones (excluding diaryl/α,β-unsaturated/α-hetero) is 1. The van der Waals surface area contributed by atoms with Gasteiger partial charge in [0.05, 0.1) is 24.6 Å². The van der Waals surface area contributed by atoms with Gasteiger partial charge in [0.2, 0.25) is 0 Å². The number of hydrogen-bond acceptors (Lipinski definition) is 6. The molecule has 0 aromatic heterocycles. The Kier molecular flexibility index (Phi) is 6.87. The number of phenols is 1. The highest BCUT2D eigenvalue weighted by Gasteiger charge is 2.47. The Morgan fingerprint density at radius 3 is 2.31 bits per heavy atom. The lowest BCUT2D eigenvalue weighted by Gasteiger charge is -2.25. The van der Waals surface area contributed by atoms with Gasteiger partial charge in [0, 0.05) is 11.3 Å². The second-order valence-electron chi connectivity index (χ2n) is 8.37. The van der Waals surface area contributed by atoms with Gasteiger partial charge in [-0.2, -0.15) is 0 Å². The van der Waals surface area contributed by atoms with E-state index in [2.05, 4.69) is 0 Å². The molecule has 0 radical (unpaired) electrons. The highest BCUT2D eigenvalue weighted by atomic mass is 19.1. The predicted molar refractivity (Wildman–Crippen MR) is 131 cm³/mol. The van der Waals surface area contributed by atoms with E-state index in [-0.39, 0.29) is 41.4 Å². The summed E-state index contributed by atoms with van der Waals surface area (Å²) in [4.78, 5) is 39.5. The van der Waals surface area contributed by atoms with Crippen LogP contribution in [0.3, 0.4) is 0 Å². The molecule has 36 heavy (non-hydrogen) atoms. The van der Waals surface area contributed by atoms with Crippen molar-refractivity contribution in [3.8, 4) is 5.75 Å². The minimum absolute atomic E-state index is 0.00632. The second kappa shape index (κ2) is 10.0. The van der Waals surface area contributed by atoms with Crippen LogP contribution in [0.1, 0.15) is 35.2 Å². The van der Waals surface area contributed by atoms with Gasteiger partial charge in [-0.25, -0.2) is 4.39 Å². The van der Waals surface area contributed by atoms with Crippen molar-refractivity contribution in [3.05, 3.63) is 100 Å². The lowest BCUT2D eigenvalue weighted by Crippen LogP contribution is -2.29. The number of aliphatic hydroxyl groups excluding tert-OH is 1. The minimum Gasteiger partial charge on any atom is -0.508 e. The van der Waals surface area contributed by atoms with Gasteiger partial charge in [-0.05, 0) is 73.0 Å². The molecule has 184 valence electrons. The maximum Gasteiger partial charge on any atom is 0.310 e. The summed E-state index contributed by atoms with van der Waals surface area (Å²) in [6.45, 7) is 3.51. The SMILES string of the molecule is CCOC(=O)Cc1ccc(N2C(=O)C(=O)/C(=C(\O)c3ccc(F)c(C)c3)C2c2ccc(O)cc2)cc1. The van der Waals surface area contributed by atoms with E-state index < -0.39 is 29.3 Å². The summed E-state index contributed by atoms with van der Waals surface area (Å²) in [6, 6.07) is 15.4. The summed E-state index contributed by atoms with van der Waals surface area (Å²) in [6.07, 6.45) is 0.0538. The molecule has 8 heteroatoms. The Morgan fingerprint density at radius 1 is 1.03 bits per heavy atom. The van der Waals surface area contributed by atoms with E-state index in [1.807, 2.05) is 0 Å². The van der Waals surface area contributed by atoms with Crippen molar-refractivity contribution in [1.82, 2.24) is 0 Å². The Morgan fingerprint density at radius 2 is 1.69 bits per heavy atom. The number of ketones is 1. The van der Waals surface area contributed by atoms with Gasteiger partial charge in [-0.3, -0.25) is 19.3 Å². The number of aliphatic hydroxyl groups is 1. The molecule has 1 aliphatic heterocycles. The number of amides is 1. The fourth-order valence-electron chi connectivity index (χ4n) is 4.17. The number of carbonyl (C=O) groups is 3. The van der Waals surface area contributed by atoms with Crippen LogP contribution >= 0.6 is 0 Å². The Labute approximate surface area is 207 Å². The largest absolute Gasteiger partial charge is 0.508 e. The number of hydrogen-bond donors (Lipinski definition) is 2. The third-order valence-electron chi connectivity index (χ3n) is 5.95. The van der Waals surface area contributed by atoms with Gasteiger partial charge < -0.3 is 14.9 Å². The maximum absolute atomic E-state index is 13.8. The van der Waals surface area contributed by atoms with Crippen molar-refractivity contribution in [2.75, 3.05) is 11.5 Å².